The number of nitrogens with one attached hydrogen (secondary N) is 2. The van der Waals surface area contributed by atoms with Crippen LogP contribution in [-0.2, 0) is 4.79 Å². The van der Waals surface area contributed by atoms with Crippen LogP contribution in [0.15, 0.2) is 30.6 Å². The first-order valence-corrected chi connectivity index (χ1v) is 7.51. The van der Waals surface area contributed by atoms with Crippen LogP contribution in [0.4, 0.5) is 14.5 Å². The van der Waals surface area contributed by atoms with Crippen LogP contribution in [0.1, 0.15) is 20.3 Å². The molecule has 1 aromatic heterocycles. The summed E-state index contributed by atoms with van der Waals surface area (Å²) in [5.41, 5.74) is 7.19. The van der Waals surface area contributed by atoms with E-state index in [9.17, 15) is 13.6 Å². The van der Waals surface area contributed by atoms with Gasteiger partial charge in [0.05, 0.1) is 12.2 Å². The lowest BCUT2D eigenvalue weighted by Gasteiger charge is -2.16. The highest BCUT2D eigenvalue weighted by atomic mass is 19.3. The average Bonchev–Trinajstić information content (AvgIpc) is 3.00. The number of aromatic nitrogens is 2. The second kappa shape index (κ2) is 7.87. The standard InChI is InChI=1S/C16H20F2N4O2/c1-9(2)5-13(19)15(23)22-11-3-4-12(10-7-20-21-8-10)14(6-11)24-16(17)18/h3-4,6-9,13,16H,5,19H2,1-2H3,(H,20,21)(H,22,23)/t13-/m1/s1. The average molecular weight is 338 g/mol. The fourth-order valence-electron chi connectivity index (χ4n) is 2.28. The highest BCUT2D eigenvalue weighted by molar-refractivity contribution is 5.95. The molecule has 2 rings (SSSR count). The molecule has 0 unspecified atom stereocenters. The number of nitrogens with two attached hydrogens (primary N) is 1. The SMILES string of the molecule is CC(C)C[C@@H](N)C(=O)Nc1ccc(-c2cn[nH]c2)c(OC(F)F)c1. The molecular formula is C16H20F2N4O2. The van der Waals surface area contributed by atoms with Crippen molar-refractivity contribution in [3.05, 3.63) is 30.6 Å². The first-order chi connectivity index (χ1) is 11.4. The summed E-state index contributed by atoms with van der Waals surface area (Å²) in [4.78, 5) is 12.1. The van der Waals surface area contributed by atoms with Gasteiger partial charge in [-0.15, -0.1) is 0 Å². The van der Waals surface area contributed by atoms with E-state index >= 15 is 0 Å². The molecular weight excluding hydrogens is 318 g/mol. The van der Waals surface area contributed by atoms with Crippen molar-refractivity contribution in [2.45, 2.75) is 32.9 Å². The maximum Gasteiger partial charge on any atom is 0.387 e. The fourth-order valence-corrected chi connectivity index (χ4v) is 2.28. The summed E-state index contributed by atoms with van der Waals surface area (Å²) in [6, 6.07) is 3.85. The van der Waals surface area contributed by atoms with Gasteiger partial charge in [-0.3, -0.25) is 9.89 Å². The van der Waals surface area contributed by atoms with E-state index in [1.54, 1.807) is 18.3 Å². The van der Waals surface area contributed by atoms with Gasteiger partial charge < -0.3 is 15.8 Å². The Bertz CT molecular complexity index is 675. The molecule has 0 radical (unpaired) electrons. The quantitative estimate of drug-likeness (QED) is 0.723. The van der Waals surface area contributed by atoms with Crippen molar-refractivity contribution in [2.75, 3.05) is 5.32 Å². The third-order valence-corrected chi connectivity index (χ3v) is 3.34. The molecule has 1 heterocycles. The second-order valence-electron chi connectivity index (χ2n) is 5.80. The van der Waals surface area contributed by atoms with Gasteiger partial charge in [-0.2, -0.15) is 13.9 Å². The van der Waals surface area contributed by atoms with E-state index in [0.29, 0.717) is 23.2 Å². The van der Waals surface area contributed by atoms with Crippen molar-refractivity contribution >= 4 is 11.6 Å². The molecule has 8 heteroatoms. The topological polar surface area (TPSA) is 93.0 Å². The number of ether oxygens (including phenoxy) is 1. The number of halogens is 2. The number of carbonyl (C=O) groups excluding carboxylic acids is 1. The van der Waals surface area contributed by atoms with Crippen LogP contribution in [0.25, 0.3) is 11.1 Å². The number of aromatic amines is 1. The molecule has 130 valence electrons. The van der Waals surface area contributed by atoms with Gasteiger partial charge in [-0.1, -0.05) is 13.8 Å². The predicted octanol–water partition coefficient (Wildman–Crippen LogP) is 2.99. The normalized spacial score (nSPS) is 12.5. The Morgan fingerprint density at radius 1 is 1.42 bits per heavy atom. The van der Waals surface area contributed by atoms with E-state index < -0.39 is 12.7 Å². The Hall–Kier alpha value is -2.48. The van der Waals surface area contributed by atoms with E-state index in [-0.39, 0.29) is 17.6 Å². The smallest absolute Gasteiger partial charge is 0.387 e. The molecule has 4 N–H and O–H groups in total. The monoisotopic (exact) mass is 338 g/mol. The molecule has 1 amide bonds. The van der Waals surface area contributed by atoms with Gasteiger partial charge >= 0.3 is 6.61 Å². The van der Waals surface area contributed by atoms with Crippen LogP contribution >= 0.6 is 0 Å². The minimum atomic E-state index is -2.98. The van der Waals surface area contributed by atoms with Crippen molar-refractivity contribution in [1.82, 2.24) is 10.2 Å². The summed E-state index contributed by atoms with van der Waals surface area (Å²) in [6.45, 7) is 0.938. The summed E-state index contributed by atoms with van der Waals surface area (Å²) >= 11 is 0. The summed E-state index contributed by atoms with van der Waals surface area (Å²) < 4.78 is 29.9. The third-order valence-electron chi connectivity index (χ3n) is 3.34. The molecule has 0 spiro atoms. The van der Waals surface area contributed by atoms with Crippen molar-refractivity contribution in [3.63, 3.8) is 0 Å². The number of alkyl halides is 2. The van der Waals surface area contributed by atoms with Gasteiger partial charge in [0.25, 0.3) is 0 Å². The van der Waals surface area contributed by atoms with Gasteiger partial charge in [0.15, 0.2) is 0 Å². The largest absolute Gasteiger partial charge is 0.434 e. The van der Waals surface area contributed by atoms with Crippen molar-refractivity contribution in [2.24, 2.45) is 11.7 Å². The van der Waals surface area contributed by atoms with E-state index in [1.165, 1.54) is 12.3 Å². The molecule has 2 aromatic rings. The first-order valence-electron chi connectivity index (χ1n) is 7.51. The lowest BCUT2D eigenvalue weighted by atomic mass is 10.0. The third kappa shape index (κ3) is 4.76. The molecule has 0 fully saturated rings. The highest BCUT2D eigenvalue weighted by Crippen LogP contribution is 2.33. The number of benzene rings is 1. The number of rotatable bonds is 7. The summed E-state index contributed by atoms with van der Waals surface area (Å²) in [6.07, 6.45) is 3.58. The zero-order chi connectivity index (χ0) is 17.7. The maximum atomic E-state index is 12.7. The number of H-pyrrole nitrogens is 1. The van der Waals surface area contributed by atoms with Crippen LogP contribution < -0.4 is 15.8 Å². The zero-order valence-corrected chi connectivity index (χ0v) is 13.4. The maximum absolute atomic E-state index is 12.7. The molecule has 0 saturated heterocycles. The Morgan fingerprint density at radius 3 is 2.75 bits per heavy atom. The van der Waals surface area contributed by atoms with E-state index in [1.807, 2.05) is 13.8 Å². The molecule has 6 nitrogen and oxygen atoms in total. The lowest BCUT2D eigenvalue weighted by molar-refractivity contribution is -0.117. The second-order valence-corrected chi connectivity index (χ2v) is 5.80. The van der Waals surface area contributed by atoms with E-state index in [2.05, 4.69) is 20.3 Å². The van der Waals surface area contributed by atoms with Crippen LogP contribution in [0.3, 0.4) is 0 Å². The van der Waals surface area contributed by atoms with Gasteiger partial charge in [0, 0.05) is 29.1 Å². The highest BCUT2D eigenvalue weighted by Gasteiger charge is 2.17. The molecule has 0 aliphatic rings. The Morgan fingerprint density at radius 2 is 2.17 bits per heavy atom. The number of anilines is 1. The number of nitrogens with zero attached hydrogens (tertiary/aromatic N) is 1. The molecule has 1 atom stereocenters. The fraction of sp³-hybridized carbons (Fsp3) is 0.375. The van der Waals surface area contributed by atoms with E-state index in [4.69, 9.17) is 5.73 Å². The Kier molecular flexibility index (Phi) is 5.86. The molecule has 0 bridgehead atoms. The lowest BCUT2D eigenvalue weighted by Crippen LogP contribution is -2.36. The Labute approximate surface area is 138 Å². The molecule has 0 aliphatic heterocycles. The first kappa shape index (κ1) is 17.9. The number of hydrogen-bond acceptors (Lipinski definition) is 4. The van der Waals surface area contributed by atoms with Crippen LogP contribution in [-0.4, -0.2) is 28.8 Å². The summed E-state index contributed by atoms with van der Waals surface area (Å²) in [5, 5.41) is 9.02. The summed E-state index contributed by atoms with van der Waals surface area (Å²) in [7, 11) is 0. The van der Waals surface area contributed by atoms with Gasteiger partial charge in [0.1, 0.15) is 5.75 Å². The van der Waals surface area contributed by atoms with Gasteiger partial charge in [-0.25, -0.2) is 0 Å². The van der Waals surface area contributed by atoms with Crippen LogP contribution in [0.5, 0.6) is 5.75 Å². The van der Waals surface area contributed by atoms with Crippen LogP contribution in [0, 0.1) is 5.92 Å². The minimum absolute atomic E-state index is 0.0540. The molecule has 0 aliphatic carbocycles. The Balaban J connectivity index is 2.21. The number of hydrogen-bond donors (Lipinski definition) is 3. The number of amides is 1. The minimum Gasteiger partial charge on any atom is -0.434 e. The molecule has 24 heavy (non-hydrogen) atoms. The van der Waals surface area contributed by atoms with Crippen molar-refractivity contribution in [3.8, 4) is 16.9 Å². The van der Waals surface area contributed by atoms with E-state index in [0.717, 1.165) is 0 Å². The molecule has 0 saturated carbocycles. The van der Waals surface area contributed by atoms with Crippen molar-refractivity contribution < 1.29 is 18.3 Å². The van der Waals surface area contributed by atoms with Gasteiger partial charge in [0.2, 0.25) is 5.91 Å². The van der Waals surface area contributed by atoms with Crippen molar-refractivity contribution in [1.29, 1.82) is 0 Å². The molecule has 1 aromatic carbocycles. The summed E-state index contributed by atoms with van der Waals surface area (Å²) in [5.74, 6) is -0.156. The van der Waals surface area contributed by atoms with Gasteiger partial charge in [-0.05, 0) is 24.5 Å². The predicted molar refractivity (Wildman–Crippen MR) is 86.7 cm³/mol. The zero-order valence-electron chi connectivity index (χ0n) is 13.4. The van der Waals surface area contributed by atoms with Crippen LogP contribution in [0.2, 0.25) is 0 Å². The number of carbonyl (C=O) groups is 1.